The first-order chi connectivity index (χ1) is 8.54. The predicted molar refractivity (Wildman–Crippen MR) is 78.9 cm³/mol. The molecule has 98 valence electrons. The van der Waals surface area contributed by atoms with E-state index in [2.05, 4.69) is 43.6 Å². The molecule has 0 aromatic heterocycles. The number of anilines is 1. The summed E-state index contributed by atoms with van der Waals surface area (Å²) in [4.78, 5) is 19.3. The zero-order chi connectivity index (χ0) is 14.0. The second-order valence-electron chi connectivity index (χ2n) is 2.93. The minimum Gasteiger partial charge on any atom is -0.306 e. The fourth-order valence-corrected chi connectivity index (χ4v) is 1.08. The zero-order valence-electron chi connectivity index (χ0n) is 10.3. The predicted octanol–water partition coefficient (Wildman–Crippen LogP) is 3.19. The summed E-state index contributed by atoms with van der Waals surface area (Å²) in [5.74, 6) is 0. The molecule has 5 nitrogen and oxygen atoms in total. The Morgan fingerprint density at radius 1 is 1.50 bits per heavy atom. The Hall–Kier alpha value is -1.27. The molecule has 2 amide bonds. The average Bonchev–Trinajstić information content (AvgIpc) is 2.40. The number of nitrogens with one attached hydrogen (secondary N) is 1. The van der Waals surface area contributed by atoms with Gasteiger partial charge < -0.3 is 5.32 Å². The van der Waals surface area contributed by atoms with Crippen molar-refractivity contribution in [1.82, 2.24) is 5.06 Å². The van der Waals surface area contributed by atoms with E-state index in [0.717, 1.165) is 15.2 Å². The smallest absolute Gasteiger partial charge is 0.306 e. The molecule has 0 unspecified atom stereocenters. The monoisotopic (exact) mass is 331 g/mol. The first-order valence-corrected chi connectivity index (χ1v) is 6.05. The van der Waals surface area contributed by atoms with Crippen molar-refractivity contribution >= 4 is 45.0 Å². The van der Waals surface area contributed by atoms with Gasteiger partial charge in [-0.2, -0.15) is 0 Å². The van der Waals surface area contributed by atoms with Gasteiger partial charge in [0.25, 0.3) is 0 Å². The molecule has 0 aliphatic heterocycles. The standard InChI is InChI=1S/C9H11BrN2O2.C2H3NS/c1-12(14-2)9(13)11-8-5-3-7(10)4-6-8;1-3-2-4/h3-6H,1-2H3,(H,11,13);1H3. The third kappa shape index (κ3) is 7.13. The Bertz CT molecular complexity index is 419. The quantitative estimate of drug-likeness (QED) is 0.514. The van der Waals surface area contributed by atoms with Crippen LogP contribution in [-0.4, -0.2) is 37.5 Å². The van der Waals surface area contributed by atoms with Crippen LogP contribution in [0.2, 0.25) is 0 Å². The molecule has 0 atom stereocenters. The first kappa shape index (κ1) is 16.7. The van der Waals surface area contributed by atoms with Crippen molar-refractivity contribution in [2.24, 2.45) is 4.99 Å². The van der Waals surface area contributed by atoms with Crippen molar-refractivity contribution < 1.29 is 9.63 Å². The van der Waals surface area contributed by atoms with Gasteiger partial charge in [0.15, 0.2) is 0 Å². The molecule has 1 aromatic rings. The number of carbonyl (C=O) groups excluding carboxylic acids is 1. The van der Waals surface area contributed by atoms with E-state index < -0.39 is 0 Å². The summed E-state index contributed by atoms with van der Waals surface area (Å²) in [7, 11) is 4.56. The van der Waals surface area contributed by atoms with Crippen molar-refractivity contribution in [2.45, 2.75) is 0 Å². The van der Waals surface area contributed by atoms with Crippen LogP contribution in [0, 0.1) is 0 Å². The largest absolute Gasteiger partial charge is 0.345 e. The number of aliphatic imine (C=N–C) groups is 1. The van der Waals surface area contributed by atoms with Gasteiger partial charge in [-0.15, -0.1) is 0 Å². The number of thiocarbonyl (C=S) groups is 1. The van der Waals surface area contributed by atoms with Gasteiger partial charge in [-0.25, -0.2) is 14.9 Å². The molecule has 0 heterocycles. The van der Waals surface area contributed by atoms with Gasteiger partial charge >= 0.3 is 6.03 Å². The molecule has 0 fully saturated rings. The fraction of sp³-hybridized carbons (Fsp3) is 0.273. The van der Waals surface area contributed by atoms with Crippen LogP contribution >= 0.6 is 28.1 Å². The maximum absolute atomic E-state index is 11.3. The highest BCUT2D eigenvalue weighted by Gasteiger charge is 2.06. The van der Waals surface area contributed by atoms with E-state index in [1.54, 1.807) is 19.2 Å². The van der Waals surface area contributed by atoms with Gasteiger partial charge in [-0.1, -0.05) is 15.9 Å². The third-order valence-corrected chi connectivity index (χ3v) is 2.46. The van der Waals surface area contributed by atoms with Crippen molar-refractivity contribution in [2.75, 3.05) is 26.5 Å². The number of halogens is 1. The summed E-state index contributed by atoms with van der Waals surface area (Å²) in [5.41, 5.74) is 0.724. The molecular weight excluding hydrogens is 318 g/mol. The van der Waals surface area contributed by atoms with E-state index >= 15 is 0 Å². The Morgan fingerprint density at radius 3 is 2.39 bits per heavy atom. The van der Waals surface area contributed by atoms with Gasteiger partial charge in [0.05, 0.1) is 12.3 Å². The van der Waals surface area contributed by atoms with Crippen molar-refractivity contribution in [1.29, 1.82) is 0 Å². The van der Waals surface area contributed by atoms with Crippen LogP contribution in [-0.2, 0) is 4.84 Å². The minimum absolute atomic E-state index is 0.310. The molecule has 0 radical (unpaired) electrons. The zero-order valence-corrected chi connectivity index (χ0v) is 12.7. The lowest BCUT2D eigenvalue weighted by atomic mass is 10.3. The SMILES string of the molecule is CN=C=S.CON(C)C(=O)Nc1ccc(Br)cc1. The van der Waals surface area contributed by atoms with E-state index in [1.165, 1.54) is 14.2 Å². The summed E-state index contributed by atoms with van der Waals surface area (Å²) in [6, 6.07) is 6.98. The normalized spacial score (nSPS) is 8.44. The lowest BCUT2D eigenvalue weighted by molar-refractivity contribution is -0.0598. The number of rotatable bonds is 2. The summed E-state index contributed by atoms with van der Waals surface area (Å²) in [6.07, 6.45) is 0. The third-order valence-electron chi connectivity index (χ3n) is 1.75. The summed E-state index contributed by atoms with van der Waals surface area (Å²) < 4.78 is 0.968. The second-order valence-corrected chi connectivity index (χ2v) is 4.03. The van der Waals surface area contributed by atoms with Gasteiger partial charge in [-0.05, 0) is 36.5 Å². The van der Waals surface area contributed by atoms with Crippen molar-refractivity contribution in [3.63, 3.8) is 0 Å². The van der Waals surface area contributed by atoms with Gasteiger partial charge in [-0.3, -0.25) is 4.84 Å². The molecule has 0 aliphatic carbocycles. The van der Waals surface area contributed by atoms with Gasteiger partial charge in [0.1, 0.15) is 0 Å². The number of urea groups is 1. The molecule has 18 heavy (non-hydrogen) atoms. The van der Waals surface area contributed by atoms with E-state index in [4.69, 9.17) is 4.84 Å². The van der Waals surface area contributed by atoms with Gasteiger partial charge in [0.2, 0.25) is 0 Å². The van der Waals surface area contributed by atoms with Crippen LogP contribution in [0.1, 0.15) is 0 Å². The van der Waals surface area contributed by atoms with E-state index in [9.17, 15) is 4.79 Å². The van der Waals surface area contributed by atoms with Crippen LogP contribution in [0.25, 0.3) is 0 Å². The fourth-order valence-electron chi connectivity index (χ4n) is 0.818. The number of hydroxylamine groups is 2. The van der Waals surface area contributed by atoms with Crippen LogP contribution in [0.4, 0.5) is 10.5 Å². The molecular formula is C11H14BrN3O2S. The second kappa shape index (κ2) is 9.73. The highest BCUT2D eigenvalue weighted by atomic mass is 79.9. The van der Waals surface area contributed by atoms with Crippen LogP contribution < -0.4 is 5.32 Å². The molecule has 1 N–H and O–H groups in total. The highest BCUT2D eigenvalue weighted by Crippen LogP contribution is 2.14. The average molecular weight is 332 g/mol. The van der Waals surface area contributed by atoms with E-state index in [0.29, 0.717) is 0 Å². The van der Waals surface area contributed by atoms with E-state index in [1.807, 2.05) is 12.1 Å². The molecule has 0 spiro atoms. The summed E-state index contributed by atoms with van der Waals surface area (Å²) in [5, 5.41) is 5.91. The van der Waals surface area contributed by atoms with Crippen molar-refractivity contribution in [3.05, 3.63) is 28.7 Å². The van der Waals surface area contributed by atoms with Crippen LogP contribution in [0.15, 0.2) is 33.7 Å². The lowest BCUT2D eigenvalue weighted by Crippen LogP contribution is -2.30. The number of hydrogen-bond donors (Lipinski definition) is 1. The van der Waals surface area contributed by atoms with Crippen LogP contribution in [0.3, 0.4) is 0 Å². The maximum Gasteiger partial charge on any atom is 0.345 e. The molecule has 7 heteroatoms. The molecule has 1 rings (SSSR count). The van der Waals surface area contributed by atoms with E-state index in [-0.39, 0.29) is 6.03 Å². The van der Waals surface area contributed by atoms with Crippen LogP contribution in [0.5, 0.6) is 0 Å². The maximum atomic E-state index is 11.3. The highest BCUT2D eigenvalue weighted by molar-refractivity contribution is 9.10. The Labute approximate surface area is 120 Å². The molecule has 0 bridgehead atoms. The number of isothiocyanates is 1. The summed E-state index contributed by atoms with van der Waals surface area (Å²) >= 11 is 7.44. The first-order valence-electron chi connectivity index (χ1n) is 4.85. The Kier molecular flexibility index (Phi) is 9.04. The van der Waals surface area contributed by atoms with Gasteiger partial charge in [0, 0.05) is 24.3 Å². The minimum atomic E-state index is -0.310. The number of benzene rings is 1. The molecule has 0 saturated carbocycles. The number of carbonyl (C=O) groups is 1. The number of hydrogen-bond acceptors (Lipinski definition) is 4. The number of nitrogens with zero attached hydrogens (tertiary/aromatic N) is 2. The van der Waals surface area contributed by atoms with Crippen molar-refractivity contribution in [3.8, 4) is 0 Å². The molecule has 0 aliphatic rings. The topological polar surface area (TPSA) is 53.9 Å². The summed E-state index contributed by atoms with van der Waals surface area (Å²) in [6.45, 7) is 0. The lowest BCUT2D eigenvalue weighted by Gasteiger charge is -2.14. The Balaban J connectivity index is 0.000000631. The molecule has 0 saturated heterocycles. The molecule has 1 aromatic carbocycles. The Morgan fingerprint density at radius 2 is 2.00 bits per heavy atom. The number of amides is 2.